The second-order valence-corrected chi connectivity index (χ2v) is 4.00. The number of hydrogen-bond acceptors (Lipinski definition) is 1. The third kappa shape index (κ3) is 2.90. The molecule has 0 bridgehead atoms. The number of rotatable bonds is 0. The fourth-order valence-corrected chi connectivity index (χ4v) is 1.63. The first-order valence-corrected chi connectivity index (χ1v) is 5.05. The molecule has 11 heteroatoms. The van der Waals surface area contributed by atoms with Crippen LogP contribution in [0.1, 0.15) is 17.0 Å². The summed E-state index contributed by atoms with van der Waals surface area (Å²) in [6.07, 6.45) is -15.5. The van der Waals surface area contributed by atoms with E-state index < -0.39 is 46.5 Å². The molecule has 0 radical (unpaired) electrons. The fourth-order valence-electron chi connectivity index (χ4n) is 1.63. The van der Waals surface area contributed by atoms with E-state index in [9.17, 15) is 39.5 Å². The van der Waals surface area contributed by atoms with Crippen LogP contribution in [0.3, 0.4) is 0 Å². The van der Waals surface area contributed by atoms with Gasteiger partial charge in [-0.3, -0.25) is 0 Å². The molecule has 0 aliphatic rings. The Hall–Kier alpha value is -1.94. The van der Waals surface area contributed by atoms with Crippen molar-refractivity contribution in [1.82, 2.24) is 9.97 Å². The van der Waals surface area contributed by atoms with E-state index in [2.05, 4.69) is 4.98 Å². The van der Waals surface area contributed by atoms with Crippen LogP contribution in [0.5, 0.6) is 0 Å². The molecule has 1 aromatic carbocycles. The van der Waals surface area contributed by atoms with E-state index in [0.29, 0.717) is 0 Å². The van der Waals surface area contributed by atoms with Crippen molar-refractivity contribution in [3.63, 3.8) is 0 Å². The smallest absolute Gasteiger partial charge is 0.334 e. The number of nitrogens with zero attached hydrogens (tertiary/aromatic N) is 1. The molecule has 0 aliphatic heterocycles. The first kappa shape index (κ1) is 15.4. The van der Waals surface area contributed by atoms with Crippen LogP contribution in [0, 0.1) is 0 Å². The summed E-state index contributed by atoms with van der Waals surface area (Å²) in [4.78, 5) is 4.13. The highest BCUT2D eigenvalue weighted by molar-refractivity contribution is 5.80. The highest BCUT2D eigenvalue weighted by atomic mass is 19.4. The van der Waals surface area contributed by atoms with E-state index in [-0.39, 0.29) is 12.1 Å². The maximum atomic E-state index is 12.7. The number of halogens is 9. The SMILES string of the molecule is FC(F)(F)c1cc(C(F)(F)F)c2nc(C(F)(F)F)[nH]c2c1. The number of H-pyrrole nitrogens is 1. The number of fused-ring (bicyclic) bond motifs is 1. The molecule has 0 aliphatic carbocycles. The second-order valence-electron chi connectivity index (χ2n) is 4.00. The van der Waals surface area contributed by atoms with Gasteiger partial charge in [-0.15, -0.1) is 0 Å². The average Bonchev–Trinajstić information content (AvgIpc) is 2.67. The molecule has 0 saturated carbocycles. The Morgan fingerprint density at radius 1 is 0.762 bits per heavy atom. The highest BCUT2D eigenvalue weighted by Crippen LogP contribution is 2.40. The normalized spacial score (nSPS) is 14.0. The van der Waals surface area contributed by atoms with Crippen molar-refractivity contribution in [3.8, 4) is 0 Å². The Morgan fingerprint density at radius 2 is 1.33 bits per heavy atom. The van der Waals surface area contributed by atoms with E-state index in [1.165, 1.54) is 4.98 Å². The molecule has 0 atom stereocenters. The molecule has 0 unspecified atom stereocenters. The van der Waals surface area contributed by atoms with Crippen LogP contribution < -0.4 is 0 Å². The lowest BCUT2D eigenvalue weighted by Gasteiger charge is -2.11. The standard InChI is InChI=1S/C10H3F9N2/c11-8(12,13)3-1-4(9(14,15)16)6-5(2-3)20-7(21-6)10(17,18)19/h1-2H,(H,20,21). The number of aromatic amines is 1. The monoisotopic (exact) mass is 322 g/mol. The fraction of sp³-hybridized carbons (Fsp3) is 0.300. The molecule has 0 spiro atoms. The van der Waals surface area contributed by atoms with E-state index in [1.807, 2.05) is 0 Å². The number of aromatic nitrogens is 2. The summed E-state index contributed by atoms with van der Waals surface area (Å²) in [7, 11) is 0. The Labute approximate surface area is 109 Å². The van der Waals surface area contributed by atoms with Gasteiger partial charge in [0.05, 0.1) is 16.6 Å². The van der Waals surface area contributed by atoms with Crippen LogP contribution in [0.25, 0.3) is 11.0 Å². The largest absolute Gasteiger partial charge is 0.449 e. The maximum absolute atomic E-state index is 12.7. The van der Waals surface area contributed by atoms with Crippen molar-refractivity contribution in [3.05, 3.63) is 29.1 Å². The van der Waals surface area contributed by atoms with Crippen molar-refractivity contribution in [1.29, 1.82) is 0 Å². The molecule has 116 valence electrons. The zero-order chi connectivity index (χ0) is 16.2. The molecule has 1 aromatic heterocycles. The minimum atomic E-state index is -5.28. The van der Waals surface area contributed by atoms with Gasteiger partial charge in [-0.25, -0.2) is 4.98 Å². The van der Waals surface area contributed by atoms with Crippen LogP contribution in [0.4, 0.5) is 39.5 Å². The lowest BCUT2D eigenvalue weighted by molar-refractivity contribution is -0.145. The summed E-state index contributed by atoms with van der Waals surface area (Å²) in [5, 5.41) is 0. The maximum Gasteiger partial charge on any atom is 0.449 e. The molecule has 0 fully saturated rings. The van der Waals surface area contributed by atoms with Crippen LogP contribution >= 0.6 is 0 Å². The van der Waals surface area contributed by atoms with Gasteiger partial charge in [-0.2, -0.15) is 39.5 Å². The van der Waals surface area contributed by atoms with Gasteiger partial charge < -0.3 is 4.98 Å². The predicted molar refractivity (Wildman–Crippen MR) is 51.1 cm³/mol. The van der Waals surface area contributed by atoms with Gasteiger partial charge in [-0.05, 0) is 12.1 Å². The topological polar surface area (TPSA) is 28.7 Å². The van der Waals surface area contributed by atoms with Crippen molar-refractivity contribution in [2.75, 3.05) is 0 Å². The molecule has 1 N–H and O–H groups in total. The highest BCUT2D eigenvalue weighted by Gasteiger charge is 2.41. The Morgan fingerprint density at radius 3 is 1.76 bits per heavy atom. The number of imidazole rings is 1. The first-order valence-electron chi connectivity index (χ1n) is 5.05. The van der Waals surface area contributed by atoms with Gasteiger partial charge >= 0.3 is 18.5 Å². The van der Waals surface area contributed by atoms with Crippen LogP contribution in [0.15, 0.2) is 12.1 Å². The number of benzene rings is 1. The number of alkyl halides is 9. The van der Waals surface area contributed by atoms with E-state index in [0.717, 1.165) is 0 Å². The molecule has 2 rings (SSSR count). The number of hydrogen-bond donors (Lipinski definition) is 1. The van der Waals surface area contributed by atoms with Crippen molar-refractivity contribution < 1.29 is 39.5 Å². The summed E-state index contributed by atoms with van der Waals surface area (Å²) >= 11 is 0. The minimum absolute atomic E-state index is 0.146. The van der Waals surface area contributed by atoms with Gasteiger partial charge in [-0.1, -0.05) is 0 Å². The third-order valence-corrected chi connectivity index (χ3v) is 2.49. The zero-order valence-electron chi connectivity index (χ0n) is 9.50. The lowest BCUT2D eigenvalue weighted by Crippen LogP contribution is -2.11. The number of nitrogens with one attached hydrogen (secondary N) is 1. The first-order chi connectivity index (χ1) is 9.30. The summed E-state index contributed by atoms with van der Waals surface area (Å²) in [6, 6.07) is -0.129. The second kappa shape index (κ2) is 4.28. The molecule has 0 amide bonds. The van der Waals surface area contributed by atoms with Crippen LogP contribution in [0.2, 0.25) is 0 Å². The lowest BCUT2D eigenvalue weighted by atomic mass is 10.1. The Kier molecular flexibility index (Phi) is 3.15. The van der Waals surface area contributed by atoms with E-state index in [4.69, 9.17) is 0 Å². The van der Waals surface area contributed by atoms with Crippen molar-refractivity contribution >= 4 is 11.0 Å². The predicted octanol–water partition coefficient (Wildman–Crippen LogP) is 4.62. The summed E-state index contributed by atoms with van der Waals surface area (Å²) in [5.74, 6) is -1.80. The van der Waals surface area contributed by atoms with Crippen molar-refractivity contribution in [2.45, 2.75) is 18.5 Å². The molecule has 1 heterocycles. The molecular formula is C10H3F9N2. The molecule has 2 nitrogen and oxygen atoms in total. The van der Waals surface area contributed by atoms with Crippen LogP contribution in [-0.4, -0.2) is 9.97 Å². The van der Waals surface area contributed by atoms with Crippen LogP contribution in [-0.2, 0) is 18.5 Å². The minimum Gasteiger partial charge on any atom is -0.334 e. The summed E-state index contributed by atoms with van der Waals surface area (Å²) < 4.78 is 113. The van der Waals surface area contributed by atoms with E-state index in [1.54, 1.807) is 0 Å². The third-order valence-electron chi connectivity index (χ3n) is 2.49. The quantitative estimate of drug-likeness (QED) is 0.705. The van der Waals surface area contributed by atoms with Gasteiger partial charge in [0.1, 0.15) is 5.52 Å². The molecule has 21 heavy (non-hydrogen) atoms. The van der Waals surface area contributed by atoms with Gasteiger partial charge in [0, 0.05) is 0 Å². The van der Waals surface area contributed by atoms with Gasteiger partial charge in [0.15, 0.2) is 0 Å². The molecular weight excluding hydrogens is 319 g/mol. The van der Waals surface area contributed by atoms with E-state index >= 15 is 0 Å². The Bertz CT molecular complexity index is 675. The zero-order valence-corrected chi connectivity index (χ0v) is 9.50. The summed E-state index contributed by atoms with van der Waals surface area (Å²) in [5.41, 5.74) is -5.83. The molecule has 0 saturated heterocycles. The van der Waals surface area contributed by atoms with Gasteiger partial charge in [0.2, 0.25) is 5.82 Å². The van der Waals surface area contributed by atoms with Crippen molar-refractivity contribution in [2.24, 2.45) is 0 Å². The molecule has 2 aromatic rings. The average molecular weight is 322 g/mol. The van der Waals surface area contributed by atoms with Gasteiger partial charge in [0.25, 0.3) is 0 Å². The Balaban J connectivity index is 2.81. The summed E-state index contributed by atoms with van der Waals surface area (Å²) in [6.45, 7) is 0.